The molecule has 0 radical (unpaired) electrons. The Morgan fingerprint density at radius 1 is 1.08 bits per heavy atom. The van der Waals surface area contributed by atoms with E-state index in [0.29, 0.717) is 48.5 Å². The molecule has 2 saturated carbocycles. The van der Waals surface area contributed by atoms with E-state index in [-0.39, 0.29) is 41.4 Å². The fourth-order valence-electron chi connectivity index (χ4n) is 8.04. The van der Waals surface area contributed by atoms with Crippen molar-refractivity contribution < 1.29 is 23.5 Å². The molecule has 196 valence electrons. The second kappa shape index (κ2) is 7.79. The molecule has 5 fully saturated rings. The number of hydrogen-bond donors (Lipinski definition) is 1. The number of ether oxygens (including phenoxy) is 1. The Morgan fingerprint density at radius 3 is 2.71 bits per heavy atom. The molecule has 2 aliphatic carbocycles. The lowest BCUT2D eigenvalue weighted by molar-refractivity contribution is -0.160. The second-order valence-corrected chi connectivity index (χ2v) is 12.3. The van der Waals surface area contributed by atoms with Crippen LogP contribution in [-0.2, 0) is 16.1 Å². The lowest BCUT2D eigenvalue weighted by Crippen LogP contribution is -2.73. The molecule has 38 heavy (non-hydrogen) atoms. The average molecular weight is 536 g/mol. The molecule has 2 bridgehead atoms. The first-order valence-corrected chi connectivity index (χ1v) is 13.9. The van der Waals surface area contributed by atoms with Crippen molar-refractivity contribution in [2.75, 3.05) is 13.2 Å². The third-order valence-corrected chi connectivity index (χ3v) is 10.4. The SMILES string of the molecule is O=C1NC(=O)C2(N3Cc4cc5c(cc4C3=O)C3C(c4ccc(F)cc4Cl)CN3C3CCC[C@@H]3CO5)CC1C2. The Bertz CT molecular complexity index is 1440. The van der Waals surface area contributed by atoms with Crippen molar-refractivity contribution in [3.63, 3.8) is 0 Å². The van der Waals surface area contributed by atoms with E-state index in [4.69, 9.17) is 16.3 Å². The van der Waals surface area contributed by atoms with Gasteiger partial charge in [-0.3, -0.25) is 24.6 Å². The van der Waals surface area contributed by atoms with Crippen LogP contribution >= 0.6 is 11.6 Å². The largest absolute Gasteiger partial charge is 0.493 e. The number of fused-ring (bicyclic) bond motifs is 8. The Labute approximate surface area is 224 Å². The van der Waals surface area contributed by atoms with Crippen LogP contribution in [-0.4, -0.2) is 52.3 Å². The quantitative estimate of drug-likeness (QED) is 0.589. The van der Waals surface area contributed by atoms with Gasteiger partial charge in [0.05, 0.1) is 6.61 Å². The van der Waals surface area contributed by atoms with Crippen LogP contribution in [0.4, 0.5) is 4.39 Å². The highest BCUT2D eigenvalue weighted by atomic mass is 35.5. The van der Waals surface area contributed by atoms with Crippen molar-refractivity contribution in [2.24, 2.45) is 11.8 Å². The van der Waals surface area contributed by atoms with Crippen LogP contribution in [0.15, 0.2) is 30.3 Å². The first kappa shape index (κ1) is 23.0. The van der Waals surface area contributed by atoms with Crippen LogP contribution in [0, 0.1) is 17.7 Å². The van der Waals surface area contributed by atoms with Gasteiger partial charge < -0.3 is 9.64 Å². The molecule has 0 spiro atoms. The molecule has 4 atom stereocenters. The predicted octanol–water partition coefficient (Wildman–Crippen LogP) is 3.94. The number of hydrogen-bond acceptors (Lipinski definition) is 5. The van der Waals surface area contributed by atoms with Gasteiger partial charge in [-0.2, -0.15) is 0 Å². The number of imide groups is 1. The van der Waals surface area contributed by atoms with Crippen molar-refractivity contribution in [2.45, 2.75) is 62.2 Å². The van der Waals surface area contributed by atoms with Crippen LogP contribution < -0.4 is 10.1 Å². The van der Waals surface area contributed by atoms with Gasteiger partial charge in [0.1, 0.15) is 17.1 Å². The van der Waals surface area contributed by atoms with Crippen molar-refractivity contribution in [3.05, 3.63) is 63.4 Å². The Morgan fingerprint density at radius 2 is 1.92 bits per heavy atom. The maximum absolute atomic E-state index is 13.9. The molecule has 9 rings (SSSR count). The van der Waals surface area contributed by atoms with E-state index < -0.39 is 5.54 Å². The van der Waals surface area contributed by atoms with E-state index in [1.54, 1.807) is 11.0 Å². The summed E-state index contributed by atoms with van der Waals surface area (Å²) in [6.07, 6.45) is 4.17. The number of benzene rings is 2. The molecule has 5 heterocycles. The predicted molar refractivity (Wildman–Crippen MR) is 135 cm³/mol. The van der Waals surface area contributed by atoms with Crippen molar-refractivity contribution in [3.8, 4) is 5.75 Å². The summed E-state index contributed by atoms with van der Waals surface area (Å²) >= 11 is 6.53. The van der Waals surface area contributed by atoms with E-state index >= 15 is 0 Å². The zero-order valence-electron chi connectivity index (χ0n) is 20.7. The van der Waals surface area contributed by atoms with Gasteiger partial charge in [0.25, 0.3) is 11.8 Å². The average Bonchev–Trinajstić information content (AvgIpc) is 3.41. The fourth-order valence-corrected chi connectivity index (χ4v) is 8.35. The number of nitrogens with one attached hydrogen (secondary N) is 1. The van der Waals surface area contributed by atoms with Gasteiger partial charge in [-0.25, -0.2) is 4.39 Å². The third kappa shape index (κ3) is 2.96. The molecule has 3 saturated heterocycles. The molecule has 9 heteroatoms. The molecule has 3 unspecified atom stereocenters. The minimum Gasteiger partial charge on any atom is -0.493 e. The maximum Gasteiger partial charge on any atom is 0.255 e. The number of amides is 3. The summed E-state index contributed by atoms with van der Waals surface area (Å²) in [7, 11) is 0. The van der Waals surface area contributed by atoms with Crippen molar-refractivity contribution >= 4 is 29.3 Å². The summed E-state index contributed by atoms with van der Waals surface area (Å²) in [6, 6.07) is 8.91. The first-order valence-electron chi connectivity index (χ1n) is 13.5. The third-order valence-electron chi connectivity index (χ3n) is 10.1. The Balaban J connectivity index is 1.20. The van der Waals surface area contributed by atoms with Crippen LogP contribution in [0.2, 0.25) is 5.02 Å². The molecule has 7 nitrogen and oxygen atoms in total. The van der Waals surface area contributed by atoms with Gasteiger partial charge in [-0.1, -0.05) is 24.1 Å². The zero-order chi connectivity index (χ0) is 25.9. The molecule has 2 aromatic carbocycles. The topological polar surface area (TPSA) is 79.0 Å². The first-order chi connectivity index (χ1) is 18.3. The highest BCUT2D eigenvalue weighted by Gasteiger charge is 2.63. The van der Waals surface area contributed by atoms with Gasteiger partial charge >= 0.3 is 0 Å². The van der Waals surface area contributed by atoms with E-state index in [9.17, 15) is 18.8 Å². The van der Waals surface area contributed by atoms with Crippen molar-refractivity contribution in [1.82, 2.24) is 15.1 Å². The monoisotopic (exact) mass is 535 g/mol. The Kier molecular flexibility index (Phi) is 4.71. The van der Waals surface area contributed by atoms with Gasteiger partial charge in [0.15, 0.2) is 0 Å². The molecule has 0 aromatic heterocycles. The van der Waals surface area contributed by atoms with Gasteiger partial charge in [0, 0.05) is 59.1 Å². The number of carbonyl (C=O) groups excluding carboxylic acids is 3. The number of halogens is 2. The summed E-state index contributed by atoms with van der Waals surface area (Å²) in [4.78, 5) is 42.8. The number of rotatable bonds is 2. The molecule has 5 aliphatic heterocycles. The molecular formula is C29H27ClFN3O4. The lowest BCUT2D eigenvalue weighted by Gasteiger charge is -2.54. The van der Waals surface area contributed by atoms with E-state index in [2.05, 4.69) is 10.2 Å². The van der Waals surface area contributed by atoms with E-state index in [1.165, 1.54) is 12.1 Å². The molecule has 1 N–H and O–H groups in total. The lowest BCUT2D eigenvalue weighted by atomic mass is 9.63. The molecule has 2 aromatic rings. The number of nitrogens with zero attached hydrogens (tertiary/aromatic N) is 2. The van der Waals surface area contributed by atoms with Gasteiger partial charge in [-0.05, 0) is 61.1 Å². The summed E-state index contributed by atoms with van der Waals surface area (Å²) < 4.78 is 20.3. The standard InChI is InChI=1S/C29H27ClFN3O4/c30-22-7-17(31)4-5-18(22)21-12-33-23-3-1-2-14(23)13-38-24-6-15-11-34(27(36)19(15)8-20(24)25(21)33)29-9-16(10-29)26(35)32-28(29)37/h4-8,14,16,21,23,25H,1-3,9-13H2,(H,32,35,37)/t14-,16?,21?,23?,25?,29?/m1/s1. The zero-order valence-corrected chi connectivity index (χ0v) is 21.5. The smallest absolute Gasteiger partial charge is 0.255 e. The van der Waals surface area contributed by atoms with E-state index in [1.807, 2.05) is 12.1 Å². The maximum atomic E-state index is 13.9. The summed E-state index contributed by atoms with van der Waals surface area (Å²) in [5, 5.41) is 2.87. The minimum absolute atomic E-state index is 0.0344. The normalized spacial score (nSPS) is 35.1. The molecule has 3 amide bonds. The molecular weight excluding hydrogens is 509 g/mol. The van der Waals surface area contributed by atoms with Crippen LogP contribution in [0.3, 0.4) is 0 Å². The summed E-state index contributed by atoms with van der Waals surface area (Å²) in [5.41, 5.74) is 2.35. The van der Waals surface area contributed by atoms with Gasteiger partial charge in [0.2, 0.25) is 5.91 Å². The van der Waals surface area contributed by atoms with Crippen LogP contribution in [0.25, 0.3) is 0 Å². The van der Waals surface area contributed by atoms with Crippen LogP contribution in [0.1, 0.15) is 71.1 Å². The number of piperidine rings is 2. The fraction of sp³-hybridized carbons (Fsp3) is 0.483. The summed E-state index contributed by atoms with van der Waals surface area (Å²) in [5.74, 6) is -0.0859. The van der Waals surface area contributed by atoms with E-state index in [0.717, 1.165) is 48.2 Å². The summed E-state index contributed by atoms with van der Waals surface area (Å²) in [6.45, 7) is 1.79. The molecule has 7 aliphatic rings. The highest BCUT2D eigenvalue weighted by molar-refractivity contribution is 6.31. The highest BCUT2D eigenvalue weighted by Crippen LogP contribution is 2.56. The van der Waals surface area contributed by atoms with Crippen LogP contribution in [0.5, 0.6) is 5.75 Å². The second-order valence-electron chi connectivity index (χ2n) is 11.9. The van der Waals surface area contributed by atoms with Gasteiger partial charge in [-0.15, -0.1) is 0 Å². The Hall–Kier alpha value is -2.97. The number of carbonyl (C=O) groups is 3. The minimum atomic E-state index is -0.951. The van der Waals surface area contributed by atoms with Crippen molar-refractivity contribution in [1.29, 1.82) is 0 Å².